The third-order valence-corrected chi connectivity index (χ3v) is 12.3. The molecular weight excluding hydrogens is 795 g/mol. The molecule has 0 aromatic heterocycles. The van der Waals surface area contributed by atoms with Crippen molar-refractivity contribution in [3.05, 3.63) is 97.2 Å². The summed E-state index contributed by atoms with van der Waals surface area (Å²) in [6, 6.07) is -0.630. The molecule has 0 aromatic rings. The van der Waals surface area contributed by atoms with Crippen molar-refractivity contribution < 1.29 is 15.0 Å². The highest BCUT2D eigenvalue weighted by Crippen LogP contribution is 2.16. The highest BCUT2D eigenvalue weighted by molar-refractivity contribution is 5.76. The van der Waals surface area contributed by atoms with Crippen molar-refractivity contribution >= 4 is 5.91 Å². The van der Waals surface area contributed by atoms with E-state index < -0.39 is 12.1 Å². The van der Waals surface area contributed by atoms with E-state index in [1.54, 1.807) is 6.08 Å². The number of aliphatic hydroxyl groups excluding tert-OH is 2. The van der Waals surface area contributed by atoms with Gasteiger partial charge in [0.2, 0.25) is 5.91 Å². The van der Waals surface area contributed by atoms with Crippen molar-refractivity contribution in [3.8, 4) is 0 Å². The molecular formula is C61H107NO3. The van der Waals surface area contributed by atoms with Crippen LogP contribution in [0, 0.1) is 0 Å². The molecule has 4 nitrogen and oxygen atoms in total. The molecule has 0 aliphatic heterocycles. The van der Waals surface area contributed by atoms with Gasteiger partial charge in [0.15, 0.2) is 0 Å². The molecule has 4 heteroatoms. The molecule has 65 heavy (non-hydrogen) atoms. The molecule has 2 unspecified atom stereocenters. The molecule has 0 bridgehead atoms. The number of rotatable bonds is 50. The van der Waals surface area contributed by atoms with Crippen LogP contribution in [0.1, 0.15) is 264 Å². The van der Waals surface area contributed by atoms with Crippen molar-refractivity contribution in [1.29, 1.82) is 0 Å². The predicted octanol–water partition coefficient (Wildman–Crippen LogP) is 18.5. The lowest BCUT2D eigenvalue weighted by Gasteiger charge is -2.20. The minimum absolute atomic E-state index is 0.0691. The lowest BCUT2D eigenvalue weighted by molar-refractivity contribution is -0.123. The van der Waals surface area contributed by atoms with Crippen molar-refractivity contribution in [2.75, 3.05) is 6.61 Å². The summed E-state index contributed by atoms with van der Waals surface area (Å²) in [6.07, 6.45) is 82.7. The highest BCUT2D eigenvalue weighted by atomic mass is 16.3. The van der Waals surface area contributed by atoms with Gasteiger partial charge in [0.05, 0.1) is 18.8 Å². The van der Waals surface area contributed by atoms with Crippen LogP contribution in [0.25, 0.3) is 0 Å². The Hall–Kier alpha value is -2.69. The molecule has 0 saturated carbocycles. The van der Waals surface area contributed by atoms with Gasteiger partial charge in [0.25, 0.3) is 0 Å². The first-order valence-electron chi connectivity index (χ1n) is 28.0. The molecule has 0 fully saturated rings. The van der Waals surface area contributed by atoms with Crippen LogP contribution in [-0.2, 0) is 4.79 Å². The number of nitrogens with one attached hydrogen (secondary N) is 1. The van der Waals surface area contributed by atoms with Crippen LogP contribution in [0.3, 0.4) is 0 Å². The minimum atomic E-state index is -0.846. The van der Waals surface area contributed by atoms with E-state index in [-0.39, 0.29) is 12.5 Å². The maximum Gasteiger partial charge on any atom is 0.220 e. The average molecular weight is 903 g/mol. The van der Waals surface area contributed by atoms with Gasteiger partial charge in [0, 0.05) is 6.42 Å². The molecule has 0 spiro atoms. The summed E-state index contributed by atoms with van der Waals surface area (Å²) in [6.45, 7) is 4.20. The summed E-state index contributed by atoms with van der Waals surface area (Å²) in [4.78, 5) is 12.5. The van der Waals surface area contributed by atoms with Crippen molar-refractivity contribution in [3.63, 3.8) is 0 Å². The normalized spacial score (nSPS) is 13.6. The average Bonchev–Trinajstić information content (AvgIpc) is 3.31. The third kappa shape index (κ3) is 52.1. The summed E-state index contributed by atoms with van der Waals surface area (Å²) in [5.41, 5.74) is 0. The first-order chi connectivity index (χ1) is 32.2. The molecule has 0 rings (SSSR count). The Morgan fingerprint density at radius 1 is 0.385 bits per heavy atom. The standard InChI is InChI=1S/C61H107NO3/c1-3-5-7-9-11-13-15-17-19-21-23-25-26-27-28-29-30-31-32-33-34-35-36-37-39-41-43-45-47-49-51-53-55-57-61(65)62-59(58-63)60(64)56-54-52-50-48-46-44-42-40-38-24-22-20-18-16-14-12-10-8-6-4-2/h5,7,11,13,17,19,23,25,27-28,30-31,33-34,54,56,59-60,63-64H,3-4,6,8-10,12,14-16,18,20-22,24,26,29,32,35-53,55,57-58H2,1-2H3,(H,62,65)/b7-5-,13-11-,19-17-,25-23-,28-27-,31-30-,34-33-,56-54+. The van der Waals surface area contributed by atoms with E-state index in [9.17, 15) is 15.0 Å². The maximum atomic E-state index is 12.5. The van der Waals surface area contributed by atoms with Crippen LogP contribution in [0.15, 0.2) is 97.2 Å². The quantitative estimate of drug-likeness (QED) is 0.0421. The SMILES string of the molecule is CC/C=C\C/C=C\C/C=C\C/C=C\C/C=C\C/C=C\C/C=C\CCCCCCCCCCCCCC(=O)NC(CO)C(O)/C=C/CCCCCCCCCCCCCCCCCCCC. The van der Waals surface area contributed by atoms with E-state index in [1.807, 2.05) is 6.08 Å². The molecule has 0 aliphatic rings. The Kier molecular flexibility index (Phi) is 53.3. The molecule has 374 valence electrons. The van der Waals surface area contributed by atoms with E-state index >= 15 is 0 Å². The second kappa shape index (κ2) is 55.6. The van der Waals surface area contributed by atoms with Crippen molar-refractivity contribution in [2.24, 2.45) is 0 Å². The lowest BCUT2D eigenvalue weighted by Crippen LogP contribution is -2.45. The number of hydrogen-bond donors (Lipinski definition) is 3. The zero-order chi connectivity index (χ0) is 47.0. The number of allylic oxidation sites excluding steroid dienone is 15. The zero-order valence-electron chi connectivity index (χ0n) is 43.0. The van der Waals surface area contributed by atoms with Gasteiger partial charge in [-0.05, 0) is 77.0 Å². The van der Waals surface area contributed by atoms with Crippen molar-refractivity contribution in [2.45, 2.75) is 276 Å². The fraction of sp³-hybridized carbons (Fsp3) is 0.721. The summed E-state index contributed by atoms with van der Waals surface area (Å²) in [7, 11) is 0. The number of carbonyl (C=O) groups excluding carboxylic acids is 1. The largest absolute Gasteiger partial charge is 0.394 e. The number of unbranched alkanes of at least 4 members (excludes halogenated alkanes) is 29. The van der Waals surface area contributed by atoms with Gasteiger partial charge in [0.1, 0.15) is 0 Å². The van der Waals surface area contributed by atoms with Gasteiger partial charge >= 0.3 is 0 Å². The summed E-state index contributed by atoms with van der Waals surface area (Å²) < 4.78 is 0. The van der Waals surface area contributed by atoms with Gasteiger partial charge in [-0.3, -0.25) is 4.79 Å². The Morgan fingerprint density at radius 3 is 1.02 bits per heavy atom. The zero-order valence-corrected chi connectivity index (χ0v) is 43.0. The Morgan fingerprint density at radius 2 is 0.677 bits per heavy atom. The Bertz CT molecular complexity index is 1210. The van der Waals surface area contributed by atoms with Gasteiger partial charge in [-0.1, -0.05) is 278 Å². The molecule has 1 amide bonds. The van der Waals surface area contributed by atoms with Crippen LogP contribution < -0.4 is 5.32 Å². The first kappa shape index (κ1) is 62.3. The molecule has 0 heterocycles. The topological polar surface area (TPSA) is 69.6 Å². The fourth-order valence-corrected chi connectivity index (χ4v) is 8.10. The van der Waals surface area contributed by atoms with Gasteiger partial charge in [-0.25, -0.2) is 0 Å². The first-order valence-corrected chi connectivity index (χ1v) is 28.0. The number of hydrogen-bond acceptors (Lipinski definition) is 3. The highest BCUT2D eigenvalue weighted by Gasteiger charge is 2.18. The summed E-state index contributed by atoms with van der Waals surface area (Å²) in [5.74, 6) is -0.0691. The second-order valence-corrected chi connectivity index (χ2v) is 18.6. The molecule has 2 atom stereocenters. The molecule has 0 radical (unpaired) electrons. The smallest absolute Gasteiger partial charge is 0.220 e. The van der Waals surface area contributed by atoms with Crippen molar-refractivity contribution in [1.82, 2.24) is 5.32 Å². The second-order valence-electron chi connectivity index (χ2n) is 18.6. The van der Waals surface area contributed by atoms with E-state index in [1.165, 1.54) is 173 Å². The lowest BCUT2D eigenvalue weighted by atomic mass is 10.0. The number of amides is 1. The fourth-order valence-electron chi connectivity index (χ4n) is 8.10. The van der Waals surface area contributed by atoms with Crippen LogP contribution in [0.5, 0.6) is 0 Å². The monoisotopic (exact) mass is 902 g/mol. The Balaban J connectivity index is 3.57. The molecule has 0 aromatic carbocycles. The van der Waals surface area contributed by atoms with Gasteiger partial charge in [-0.2, -0.15) is 0 Å². The van der Waals surface area contributed by atoms with E-state index in [0.717, 1.165) is 70.6 Å². The minimum Gasteiger partial charge on any atom is -0.394 e. The third-order valence-electron chi connectivity index (χ3n) is 12.3. The van der Waals surface area contributed by atoms with E-state index in [2.05, 4.69) is 104 Å². The predicted molar refractivity (Wildman–Crippen MR) is 290 cm³/mol. The maximum absolute atomic E-state index is 12.5. The van der Waals surface area contributed by atoms with Gasteiger partial charge < -0.3 is 15.5 Å². The summed E-state index contributed by atoms with van der Waals surface area (Å²) >= 11 is 0. The number of carbonyl (C=O) groups is 1. The van der Waals surface area contributed by atoms with Crippen LogP contribution in [0.4, 0.5) is 0 Å². The molecule has 0 saturated heterocycles. The molecule has 3 N–H and O–H groups in total. The van der Waals surface area contributed by atoms with Crippen LogP contribution >= 0.6 is 0 Å². The van der Waals surface area contributed by atoms with Gasteiger partial charge in [-0.15, -0.1) is 0 Å². The summed E-state index contributed by atoms with van der Waals surface area (Å²) in [5, 5.41) is 23.2. The molecule has 0 aliphatic carbocycles. The van der Waals surface area contributed by atoms with E-state index in [4.69, 9.17) is 0 Å². The van der Waals surface area contributed by atoms with Crippen LogP contribution in [0.2, 0.25) is 0 Å². The van der Waals surface area contributed by atoms with E-state index in [0.29, 0.717) is 6.42 Å². The van der Waals surface area contributed by atoms with Crippen LogP contribution in [-0.4, -0.2) is 34.9 Å². The Labute approximate surface area is 404 Å². The number of aliphatic hydroxyl groups is 2.